The molecule has 1 N–H and O–H groups in total. The summed E-state index contributed by atoms with van der Waals surface area (Å²) in [6.07, 6.45) is 1.30. The number of nitrogens with one attached hydrogen (secondary N) is 1. The second-order valence-corrected chi connectivity index (χ2v) is 4.72. The van der Waals surface area contributed by atoms with Crippen molar-refractivity contribution in [2.24, 2.45) is 0 Å². The number of carbonyl (C=O) groups excluding carboxylic acids is 2. The molecular formula is C13H15ClN2O3. The zero-order chi connectivity index (χ0) is 13.8. The summed E-state index contributed by atoms with van der Waals surface area (Å²) in [6, 6.07) is 5.73. The van der Waals surface area contributed by atoms with Gasteiger partial charge in [-0.2, -0.15) is 0 Å². The van der Waals surface area contributed by atoms with Crippen LogP contribution >= 0.6 is 11.6 Å². The Bertz CT molecular complexity index is 475. The number of nitrogens with zero attached hydrogens (tertiary/aromatic N) is 1. The van der Waals surface area contributed by atoms with Crippen molar-refractivity contribution >= 4 is 29.2 Å². The molecule has 1 aliphatic rings. The Balaban J connectivity index is 2.08. The summed E-state index contributed by atoms with van der Waals surface area (Å²) in [6.45, 7) is 0.570. The fourth-order valence-electron chi connectivity index (χ4n) is 1.99. The quantitative estimate of drug-likeness (QED) is 0.665. The van der Waals surface area contributed by atoms with E-state index in [1.54, 1.807) is 31.4 Å². The molecule has 6 heteroatoms. The van der Waals surface area contributed by atoms with Crippen molar-refractivity contribution < 1.29 is 14.3 Å². The molecule has 1 heterocycles. The maximum absolute atomic E-state index is 12.2. The van der Waals surface area contributed by atoms with Gasteiger partial charge >= 0.3 is 6.03 Å². The number of imide groups is 1. The lowest BCUT2D eigenvalue weighted by Crippen LogP contribution is -2.31. The molecule has 1 saturated heterocycles. The van der Waals surface area contributed by atoms with E-state index in [9.17, 15) is 9.59 Å². The number of methoxy groups -OCH3 is 1. The molecule has 102 valence electrons. The van der Waals surface area contributed by atoms with Crippen molar-refractivity contribution in [2.75, 3.05) is 18.6 Å². The Kier molecular flexibility index (Phi) is 4.39. The molecule has 0 aliphatic carbocycles. The lowest BCUT2D eigenvalue weighted by Gasteiger charge is -2.12. The highest BCUT2D eigenvalue weighted by Crippen LogP contribution is 2.22. The Hall–Kier alpha value is -1.59. The van der Waals surface area contributed by atoms with Gasteiger partial charge in [-0.1, -0.05) is 11.6 Å². The van der Waals surface area contributed by atoms with Gasteiger partial charge in [0.05, 0.1) is 5.69 Å². The van der Waals surface area contributed by atoms with Crippen LogP contribution in [0.5, 0.6) is 0 Å². The van der Waals surface area contributed by atoms with Crippen LogP contribution in [-0.4, -0.2) is 31.7 Å². The van der Waals surface area contributed by atoms with E-state index >= 15 is 0 Å². The number of rotatable bonds is 5. The SMILES string of the molecule is COCCCC1NC(=O)N(c2ccc(Cl)cc2)C1=O. The number of halogens is 1. The van der Waals surface area contributed by atoms with Gasteiger partial charge in [0, 0.05) is 18.7 Å². The first-order chi connectivity index (χ1) is 9.13. The highest BCUT2D eigenvalue weighted by atomic mass is 35.5. The molecule has 0 radical (unpaired) electrons. The van der Waals surface area contributed by atoms with Gasteiger partial charge < -0.3 is 10.1 Å². The van der Waals surface area contributed by atoms with Gasteiger partial charge in [-0.15, -0.1) is 0 Å². The van der Waals surface area contributed by atoms with Crippen molar-refractivity contribution in [3.8, 4) is 0 Å². The minimum atomic E-state index is -0.474. The van der Waals surface area contributed by atoms with Gasteiger partial charge in [-0.3, -0.25) is 4.79 Å². The summed E-state index contributed by atoms with van der Waals surface area (Å²) in [5.41, 5.74) is 0.529. The largest absolute Gasteiger partial charge is 0.385 e. The Morgan fingerprint density at radius 3 is 2.63 bits per heavy atom. The summed E-state index contributed by atoms with van der Waals surface area (Å²) in [5.74, 6) is -0.233. The zero-order valence-corrected chi connectivity index (χ0v) is 11.3. The van der Waals surface area contributed by atoms with Gasteiger partial charge in [0.2, 0.25) is 0 Å². The van der Waals surface area contributed by atoms with Crippen LogP contribution in [0, 0.1) is 0 Å². The maximum atomic E-state index is 12.2. The van der Waals surface area contributed by atoms with Crippen molar-refractivity contribution in [1.82, 2.24) is 5.32 Å². The van der Waals surface area contributed by atoms with E-state index < -0.39 is 12.1 Å². The summed E-state index contributed by atoms with van der Waals surface area (Å²) >= 11 is 5.79. The summed E-state index contributed by atoms with van der Waals surface area (Å²) < 4.78 is 4.94. The number of urea groups is 1. The predicted octanol–water partition coefficient (Wildman–Crippen LogP) is 2.19. The highest BCUT2D eigenvalue weighted by molar-refractivity contribution is 6.30. The first-order valence-corrected chi connectivity index (χ1v) is 6.40. The number of amides is 3. The number of carbonyl (C=O) groups is 2. The van der Waals surface area contributed by atoms with Crippen molar-refractivity contribution in [1.29, 1.82) is 0 Å². The number of anilines is 1. The van der Waals surface area contributed by atoms with E-state index in [1.807, 2.05) is 0 Å². The normalized spacial score (nSPS) is 18.8. The molecule has 19 heavy (non-hydrogen) atoms. The van der Waals surface area contributed by atoms with E-state index in [2.05, 4.69) is 5.32 Å². The highest BCUT2D eigenvalue weighted by Gasteiger charge is 2.38. The van der Waals surface area contributed by atoms with Crippen molar-refractivity contribution in [3.63, 3.8) is 0 Å². The molecule has 3 amide bonds. The fraction of sp³-hybridized carbons (Fsp3) is 0.385. The number of ether oxygens (including phenoxy) is 1. The molecule has 1 aromatic rings. The van der Waals surface area contributed by atoms with Gasteiger partial charge in [-0.05, 0) is 37.1 Å². The molecule has 0 bridgehead atoms. The molecule has 1 unspecified atom stereocenters. The predicted molar refractivity (Wildman–Crippen MR) is 72.4 cm³/mol. The van der Waals surface area contributed by atoms with Crippen molar-refractivity contribution in [3.05, 3.63) is 29.3 Å². The minimum absolute atomic E-state index is 0.233. The monoisotopic (exact) mass is 282 g/mol. The number of hydrogen-bond acceptors (Lipinski definition) is 3. The van der Waals surface area contributed by atoms with Crippen molar-refractivity contribution in [2.45, 2.75) is 18.9 Å². The average molecular weight is 283 g/mol. The van der Waals surface area contributed by atoms with Crippen LogP contribution in [0.25, 0.3) is 0 Å². The molecule has 1 aliphatic heterocycles. The first-order valence-electron chi connectivity index (χ1n) is 6.02. The molecule has 1 atom stereocenters. The summed E-state index contributed by atoms with van der Waals surface area (Å²) in [5, 5.41) is 3.24. The molecule has 1 aromatic carbocycles. The third-order valence-electron chi connectivity index (χ3n) is 2.95. The van der Waals surface area contributed by atoms with Crippen LogP contribution in [0.4, 0.5) is 10.5 Å². The summed E-state index contributed by atoms with van der Waals surface area (Å²) in [7, 11) is 1.61. The van der Waals surface area contributed by atoms with Gasteiger partial charge in [0.25, 0.3) is 5.91 Å². The third-order valence-corrected chi connectivity index (χ3v) is 3.20. The molecular weight excluding hydrogens is 268 g/mol. The average Bonchev–Trinajstić information content (AvgIpc) is 2.67. The van der Waals surface area contributed by atoms with Gasteiger partial charge in [0.15, 0.2) is 0 Å². The van der Waals surface area contributed by atoms with Crippen LogP contribution in [0.15, 0.2) is 24.3 Å². The lowest BCUT2D eigenvalue weighted by atomic mass is 10.1. The molecule has 0 aromatic heterocycles. The first kappa shape index (κ1) is 13.8. The molecule has 1 fully saturated rings. The Morgan fingerprint density at radius 1 is 1.32 bits per heavy atom. The Labute approximate surface area is 116 Å². The zero-order valence-electron chi connectivity index (χ0n) is 10.6. The number of benzene rings is 1. The fourth-order valence-corrected chi connectivity index (χ4v) is 2.12. The molecule has 0 spiro atoms. The van der Waals surface area contributed by atoms with E-state index in [-0.39, 0.29) is 5.91 Å². The Morgan fingerprint density at radius 2 is 2.00 bits per heavy atom. The van der Waals surface area contributed by atoms with Crippen LogP contribution in [0.3, 0.4) is 0 Å². The van der Waals surface area contributed by atoms with E-state index in [0.717, 1.165) is 11.3 Å². The third kappa shape index (κ3) is 3.05. The second kappa shape index (κ2) is 6.04. The lowest BCUT2D eigenvalue weighted by molar-refractivity contribution is -0.118. The molecule has 2 rings (SSSR count). The summed E-state index contributed by atoms with van der Waals surface area (Å²) in [4.78, 5) is 25.2. The van der Waals surface area contributed by atoms with E-state index in [1.165, 1.54) is 0 Å². The van der Waals surface area contributed by atoms with Crippen LogP contribution in [-0.2, 0) is 9.53 Å². The van der Waals surface area contributed by atoms with Crippen LogP contribution in [0.1, 0.15) is 12.8 Å². The maximum Gasteiger partial charge on any atom is 0.329 e. The second-order valence-electron chi connectivity index (χ2n) is 4.29. The van der Waals surface area contributed by atoms with Crippen LogP contribution < -0.4 is 10.2 Å². The minimum Gasteiger partial charge on any atom is -0.385 e. The standard InChI is InChI=1S/C13H15ClN2O3/c1-19-8-2-3-11-12(17)16(13(18)15-11)10-6-4-9(14)5-7-10/h4-7,11H,2-3,8H2,1H3,(H,15,18). The molecule has 5 nitrogen and oxygen atoms in total. The van der Waals surface area contributed by atoms with E-state index in [0.29, 0.717) is 23.7 Å². The smallest absolute Gasteiger partial charge is 0.329 e. The van der Waals surface area contributed by atoms with Crippen LogP contribution in [0.2, 0.25) is 5.02 Å². The topological polar surface area (TPSA) is 58.6 Å². The van der Waals surface area contributed by atoms with Gasteiger partial charge in [0.1, 0.15) is 6.04 Å². The van der Waals surface area contributed by atoms with Gasteiger partial charge in [-0.25, -0.2) is 9.69 Å². The molecule has 0 saturated carbocycles. The number of hydrogen-bond donors (Lipinski definition) is 1. The van der Waals surface area contributed by atoms with E-state index in [4.69, 9.17) is 16.3 Å².